The van der Waals surface area contributed by atoms with E-state index in [1.54, 1.807) is 30.5 Å². The Balaban J connectivity index is 1.88. The lowest BCUT2D eigenvalue weighted by molar-refractivity contribution is 0.0689. The molecule has 31 heavy (non-hydrogen) atoms. The van der Waals surface area contributed by atoms with Crippen molar-refractivity contribution in [2.45, 2.75) is 29.8 Å². The maximum absolute atomic E-state index is 14.6. The lowest BCUT2D eigenvalue weighted by Crippen LogP contribution is -1.99. The van der Waals surface area contributed by atoms with Crippen molar-refractivity contribution in [3.05, 3.63) is 58.9 Å². The third-order valence-electron chi connectivity index (χ3n) is 4.58. The molecule has 0 unspecified atom stereocenters. The van der Waals surface area contributed by atoms with Crippen molar-refractivity contribution >= 4 is 40.2 Å². The first-order valence-corrected chi connectivity index (χ1v) is 10.5. The highest BCUT2D eigenvalue weighted by Crippen LogP contribution is 2.42. The van der Waals surface area contributed by atoms with E-state index in [0.29, 0.717) is 38.0 Å². The Morgan fingerprint density at radius 2 is 2.19 bits per heavy atom. The maximum atomic E-state index is 14.6. The largest absolute Gasteiger partial charge is 0.477 e. The number of H-pyrrole nitrogens is 1. The average molecular weight is 456 g/mol. The summed E-state index contributed by atoms with van der Waals surface area (Å²) in [6.07, 6.45) is 2.39. The number of hydrogen-bond acceptors (Lipinski definition) is 5. The van der Waals surface area contributed by atoms with E-state index in [9.17, 15) is 19.6 Å². The van der Waals surface area contributed by atoms with E-state index in [-0.39, 0.29) is 17.0 Å². The van der Waals surface area contributed by atoms with E-state index in [4.69, 9.17) is 11.6 Å². The van der Waals surface area contributed by atoms with E-state index in [1.807, 2.05) is 6.92 Å². The number of carbonyl (C=O) groups is 1. The molecule has 0 saturated carbocycles. The van der Waals surface area contributed by atoms with Crippen LogP contribution in [0, 0.1) is 17.3 Å². The predicted molar refractivity (Wildman–Crippen MR) is 115 cm³/mol. The minimum Gasteiger partial charge on any atom is -0.477 e. The molecule has 0 amide bonds. The first-order chi connectivity index (χ1) is 14.9. The summed E-state index contributed by atoms with van der Waals surface area (Å²) < 4.78 is 16.2. The van der Waals surface area contributed by atoms with Crippen molar-refractivity contribution in [1.29, 1.82) is 5.26 Å². The van der Waals surface area contributed by atoms with Gasteiger partial charge in [-0.15, -0.1) is 5.10 Å². The number of aromatic amines is 1. The molecule has 0 aliphatic carbocycles. The van der Waals surface area contributed by atoms with Crippen molar-refractivity contribution in [2.24, 2.45) is 0 Å². The molecule has 7 nitrogen and oxygen atoms in total. The quantitative estimate of drug-likeness (QED) is 0.405. The third kappa shape index (κ3) is 3.87. The number of aryl methyl sites for hydroxylation is 1. The second kappa shape index (κ2) is 8.41. The number of pyridine rings is 1. The van der Waals surface area contributed by atoms with Crippen LogP contribution in [-0.2, 0) is 6.54 Å². The summed E-state index contributed by atoms with van der Waals surface area (Å²) in [5, 5.41) is 24.1. The van der Waals surface area contributed by atoms with Crippen LogP contribution in [0.4, 0.5) is 4.39 Å². The summed E-state index contributed by atoms with van der Waals surface area (Å²) in [6.45, 7) is 2.53. The van der Waals surface area contributed by atoms with Crippen LogP contribution >= 0.6 is 23.4 Å². The Bertz CT molecular complexity index is 1360. The summed E-state index contributed by atoms with van der Waals surface area (Å²) in [6, 6.07) is 10.1. The van der Waals surface area contributed by atoms with E-state index in [1.165, 1.54) is 10.7 Å². The predicted octanol–water partition coefficient (Wildman–Crippen LogP) is 5.35. The molecule has 3 aromatic heterocycles. The number of aromatic carboxylic acids is 1. The van der Waals surface area contributed by atoms with Gasteiger partial charge in [0.2, 0.25) is 5.95 Å². The fourth-order valence-electron chi connectivity index (χ4n) is 3.27. The summed E-state index contributed by atoms with van der Waals surface area (Å²) in [7, 11) is 0. The van der Waals surface area contributed by atoms with Gasteiger partial charge in [-0.05, 0) is 24.6 Å². The Morgan fingerprint density at radius 1 is 1.39 bits per heavy atom. The molecule has 0 aliphatic heterocycles. The molecule has 2 N–H and O–H groups in total. The molecule has 0 bridgehead atoms. The zero-order valence-electron chi connectivity index (χ0n) is 16.2. The Morgan fingerprint density at radius 3 is 2.90 bits per heavy atom. The SMILES string of the molecule is CCCn1cc(-c2c(Cl)ccc3c(Sc4cccc(C(=O)O)n4)c(C#N)[nH]c23)c(F)n1. The number of carboxylic acid groups (broad SMARTS) is 1. The second-order valence-corrected chi connectivity index (χ2v) is 8.09. The van der Waals surface area contributed by atoms with Gasteiger partial charge in [-0.2, -0.15) is 9.65 Å². The molecule has 0 spiro atoms. The van der Waals surface area contributed by atoms with Gasteiger partial charge in [0.25, 0.3) is 0 Å². The molecule has 4 aromatic rings. The third-order valence-corrected chi connectivity index (χ3v) is 5.96. The fourth-order valence-corrected chi connectivity index (χ4v) is 4.50. The van der Waals surface area contributed by atoms with Gasteiger partial charge in [0, 0.05) is 23.7 Å². The molecule has 3 heterocycles. The lowest BCUT2D eigenvalue weighted by Gasteiger charge is -2.05. The first-order valence-electron chi connectivity index (χ1n) is 9.28. The van der Waals surface area contributed by atoms with Gasteiger partial charge >= 0.3 is 5.97 Å². The zero-order valence-corrected chi connectivity index (χ0v) is 17.8. The number of aromatic nitrogens is 4. The highest BCUT2D eigenvalue weighted by atomic mass is 35.5. The van der Waals surface area contributed by atoms with Crippen molar-refractivity contribution < 1.29 is 14.3 Å². The smallest absolute Gasteiger partial charge is 0.354 e. The van der Waals surface area contributed by atoms with Gasteiger partial charge in [-0.1, -0.05) is 42.4 Å². The minimum atomic E-state index is -1.14. The van der Waals surface area contributed by atoms with Crippen LogP contribution in [0.1, 0.15) is 29.5 Å². The summed E-state index contributed by atoms with van der Waals surface area (Å²) in [5.74, 6) is -1.79. The standard InChI is InChI=1S/C21H15ClFN5O2S/c1-2-8-28-10-12(20(23)27-28)17-13(22)7-6-11-18(17)26-15(9-24)19(11)31-16-5-3-4-14(25-16)21(29)30/h3-7,10,26H,2,8H2,1H3,(H,29,30). The molecular weight excluding hydrogens is 441 g/mol. The highest BCUT2D eigenvalue weighted by molar-refractivity contribution is 7.99. The fraction of sp³-hybridized carbons (Fsp3) is 0.143. The second-order valence-electron chi connectivity index (χ2n) is 6.65. The first kappa shape index (κ1) is 20.9. The Labute approximate surface area is 185 Å². The lowest BCUT2D eigenvalue weighted by atomic mass is 10.1. The molecule has 0 saturated heterocycles. The van der Waals surface area contributed by atoms with Gasteiger partial charge < -0.3 is 10.1 Å². The number of fused-ring (bicyclic) bond motifs is 1. The van der Waals surface area contributed by atoms with E-state index in [2.05, 4.69) is 21.1 Å². The number of nitrogens with zero attached hydrogens (tertiary/aromatic N) is 4. The van der Waals surface area contributed by atoms with Gasteiger partial charge in [-0.25, -0.2) is 9.78 Å². The van der Waals surface area contributed by atoms with Gasteiger partial charge in [0.1, 0.15) is 22.5 Å². The minimum absolute atomic E-state index is 0.0995. The van der Waals surface area contributed by atoms with E-state index in [0.717, 1.165) is 18.2 Å². The van der Waals surface area contributed by atoms with Gasteiger partial charge in [-0.3, -0.25) is 4.68 Å². The number of rotatable bonds is 6. The van der Waals surface area contributed by atoms with Crippen LogP contribution < -0.4 is 0 Å². The summed E-state index contributed by atoms with van der Waals surface area (Å²) in [4.78, 5) is 18.9. The van der Waals surface area contributed by atoms with Crippen molar-refractivity contribution in [3.8, 4) is 17.2 Å². The number of benzene rings is 1. The summed E-state index contributed by atoms with van der Waals surface area (Å²) in [5.41, 5.74) is 1.28. The monoisotopic (exact) mass is 455 g/mol. The molecule has 10 heteroatoms. The number of nitriles is 1. The number of nitrogens with one attached hydrogen (secondary N) is 1. The average Bonchev–Trinajstić information content (AvgIpc) is 3.28. The van der Waals surface area contributed by atoms with Gasteiger partial charge in [0.05, 0.1) is 21.0 Å². The normalized spacial score (nSPS) is 11.0. The molecular formula is C21H15ClFN5O2S. The van der Waals surface area contributed by atoms with Crippen LogP contribution in [0.15, 0.2) is 46.5 Å². The van der Waals surface area contributed by atoms with Crippen molar-refractivity contribution in [2.75, 3.05) is 0 Å². The number of carboxylic acids is 1. The zero-order chi connectivity index (χ0) is 22.1. The van der Waals surface area contributed by atoms with Crippen molar-refractivity contribution in [3.63, 3.8) is 0 Å². The topological polar surface area (TPSA) is 108 Å². The maximum Gasteiger partial charge on any atom is 0.354 e. The molecule has 0 radical (unpaired) electrons. The van der Waals surface area contributed by atoms with Crippen LogP contribution in [-0.4, -0.2) is 30.8 Å². The number of hydrogen-bond donors (Lipinski definition) is 2. The molecule has 0 fully saturated rings. The Hall–Kier alpha value is -3.35. The van der Waals surface area contributed by atoms with Crippen molar-refractivity contribution in [1.82, 2.24) is 19.7 Å². The molecule has 0 aliphatic rings. The molecule has 0 atom stereocenters. The highest BCUT2D eigenvalue weighted by Gasteiger charge is 2.22. The van der Waals surface area contributed by atoms with Gasteiger partial charge in [0.15, 0.2) is 0 Å². The molecule has 156 valence electrons. The van der Waals surface area contributed by atoms with Crippen LogP contribution in [0.3, 0.4) is 0 Å². The van der Waals surface area contributed by atoms with Crippen LogP contribution in [0.25, 0.3) is 22.0 Å². The molecule has 4 rings (SSSR count). The number of halogens is 2. The van der Waals surface area contributed by atoms with E-state index >= 15 is 0 Å². The molecule has 1 aromatic carbocycles. The Kier molecular flexibility index (Phi) is 5.67. The van der Waals surface area contributed by atoms with E-state index < -0.39 is 11.9 Å². The van der Waals surface area contributed by atoms with Crippen LogP contribution in [0.5, 0.6) is 0 Å². The van der Waals surface area contributed by atoms with Crippen LogP contribution in [0.2, 0.25) is 5.02 Å². The summed E-state index contributed by atoms with van der Waals surface area (Å²) >= 11 is 7.57.